The summed E-state index contributed by atoms with van der Waals surface area (Å²) in [6.45, 7) is 1.61. The van der Waals surface area contributed by atoms with Crippen molar-refractivity contribution in [1.82, 2.24) is 40.0 Å². The van der Waals surface area contributed by atoms with Crippen LogP contribution in [0.2, 0.25) is 0 Å². The number of imidazole rings is 2. The van der Waals surface area contributed by atoms with E-state index in [1.165, 1.54) is 28.4 Å². The summed E-state index contributed by atoms with van der Waals surface area (Å²) in [5.74, 6) is 13.1. The maximum atomic E-state index is 13.5. The summed E-state index contributed by atoms with van der Waals surface area (Å²) in [6.07, 6.45) is 5.13. The Hall–Kier alpha value is -5.84. The van der Waals surface area contributed by atoms with Crippen LogP contribution < -0.4 is 5.32 Å². The maximum Gasteiger partial charge on any atom is 0.407 e. The second-order valence-electron chi connectivity index (χ2n) is 13.0. The minimum absolute atomic E-state index is 0.220. The van der Waals surface area contributed by atoms with Gasteiger partial charge in [-0.25, -0.2) is 19.6 Å². The number of H-pyrrole nitrogens is 2. The number of ether oxygens (including phenoxy) is 3. The van der Waals surface area contributed by atoms with Gasteiger partial charge in [0, 0.05) is 83.9 Å². The number of likely N-dealkylation sites (tertiary alicyclic amines) is 2. The van der Waals surface area contributed by atoms with Crippen LogP contribution in [0.1, 0.15) is 84.8 Å². The minimum Gasteiger partial charge on any atom is -0.465 e. The molecule has 4 atom stereocenters. The average molecular weight is 743 g/mol. The van der Waals surface area contributed by atoms with Crippen molar-refractivity contribution < 1.29 is 38.5 Å². The van der Waals surface area contributed by atoms with Crippen molar-refractivity contribution in [3.8, 4) is 23.7 Å². The number of likely N-dealkylation sites (N-methyl/N-ethyl adjacent to an activating group) is 1. The van der Waals surface area contributed by atoms with E-state index in [-0.39, 0.29) is 36.9 Å². The zero-order valence-electron chi connectivity index (χ0n) is 30.9. The Morgan fingerprint density at radius 3 is 1.81 bits per heavy atom. The molecule has 0 spiro atoms. The van der Waals surface area contributed by atoms with Gasteiger partial charge in [0.25, 0.3) is 0 Å². The van der Waals surface area contributed by atoms with Gasteiger partial charge >= 0.3 is 12.2 Å². The molecule has 16 nitrogen and oxygen atoms in total. The van der Waals surface area contributed by atoms with E-state index in [1.807, 2.05) is 24.3 Å². The fraction of sp³-hybridized carbons (Fsp3) is 0.474. The summed E-state index contributed by atoms with van der Waals surface area (Å²) in [5, 5.41) is 12.1. The highest BCUT2D eigenvalue weighted by Crippen LogP contribution is 2.32. The summed E-state index contributed by atoms with van der Waals surface area (Å²) in [6, 6.07) is 5.23. The molecule has 1 aromatic carbocycles. The Morgan fingerprint density at radius 2 is 1.33 bits per heavy atom. The van der Waals surface area contributed by atoms with Crippen molar-refractivity contribution in [3.05, 3.63) is 70.8 Å². The van der Waals surface area contributed by atoms with Crippen molar-refractivity contribution in [2.24, 2.45) is 0 Å². The third-order valence-electron chi connectivity index (χ3n) is 9.49. The number of methoxy groups -OCH3 is 3. The molecule has 0 aliphatic carbocycles. The zero-order valence-corrected chi connectivity index (χ0v) is 30.9. The molecule has 4 amide bonds. The third kappa shape index (κ3) is 9.77. The number of carboxylic acid groups (broad SMARTS) is 1. The van der Waals surface area contributed by atoms with Gasteiger partial charge in [0.05, 0.1) is 19.2 Å². The van der Waals surface area contributed by atoms with Gasteiger partial charge in [0.1, 0.15) is 35.1 Å². The highest BCUT2D eigenvalue weighted by atomic mass is 16.5. The number of amides is 4. The molecule has 0 bridgehead atoms. The Morgan fingerprint density at radius 1 is 0.833 bits per heavy atom. The number of hydrogen-bond acceptors (Lipinski definition) is 9. The van der Waals surface area contributed by atoms with Gasteiger partial charge in [-0.3, -0.25) is 14.5 Å². The predicted octanol–water partition coefficient (Wildman–Crippen LogP) is 3.04. The van der Waals surface area contributed by atoms with Crippen LogP contribution in [0.25, 0.3) is 0 Å². The molecule has 2 aliphatic heterocycles. The van der Waals surface area contributed by atoms with E-state index in [1.54, 1.807) is 22.2 Å². The number of alkyl carbamates (subject to hydrolysis) is 1. The number of carbonyl (C=O) groups excluding carboxylic acids is 3. The molecule has 0 saturated carbocycles. The van der Waals surface area contributed by atoms with Crippen LogP contribution in [-0.4, -0.2) is 131 Å². The second-order valence-corrected chi connectivity index (χ2v) is 13.0. The topological polar surface area (TPSA) is 195 Å². The lowest BCUT2D eigenvalue weighted by molar-refractivity contribution is -0.137. The average Bonchev–Trinajstić information content (AvgIpc) is 4.02. The summed E-state index contributed by atoms with van der Waals surface area (Å²) in [4.78, 5) is 70.5. The summed E-state index contributed by atoms with van der Waals surface area (Å²) in [7, 11) is 5.70. The molecule has 2 aromatic heterocycles. The van der Waals surface area contributed by atoms with E-state index in [9.17, 15) is 24.3 Å². The van der Waals surface area contributed by atoms with Gasteiger partial charge in [0.2, 0.25) is 11.8 Å². The fourth-order valence-corrected chi connectivity index (χ4v) is 6.61. The van der Waals surface area contributed by atoms with Crippen molar-refractivity contribution in [1.29, 1.82) is 0 Å². The van der Waals surface area contributed by atoms with E-state index in [2.05, 4.69) is 48.9 Å². The van der Waals surface area contributed by atoms with E-state index < -0.39 is 24.3 Å². The second kappa shape index (κ2) is 18.8. The molecule has 4 N–H and O–H groups in total. The van der Waals surface area contributed by atoms with Crippen molar-refractivity contribution in [2.45, 2.75) is 62.7 Å². The minimum atomic E-state index is -1.17. The molecule has 16 heteroatoms. The van der Waals surface area contributed by atoms with E-state index in [0.717, 1.165) is 35.3 Å². The number of carbonyl (C=O) groups is 4. The number of nitrogens with zero attached hydrogens (tertiary/aromatic N) is 5. The smallest absolute Gasteiger partial charge is 0.407 e. The van der Waals surface area contributed by atoms with Crippen LogP contribution in [0, 0.1) is 23.7 Å². The monoisotopic (exact) mass is 742 g/mol. The van der Waals surface area contributed by atoms with Crippen LogP contribution in [0.4, 0.5) is 9.59 Å². The van der Waals surface area contributed by atoms with Gasteiger partial charge in [-0.15, -0.1) is 0 Å². The quantitative estimate of drug-likeness (QED) is 0.200. The van der Waals surface area contributed by atoms with E-state index >= 15 is 0 Å². The van der Waals surface area contributed by atoms with Crippen LogP contribution in [0.15, 0.2) is 36.7 Å². The lowest BCUT2D eigenvalue weighted by atomic mass is 10.1. The zero-order chi connectivity index (χ0) is 38.6. The largest absolute Gasteiger partial charge is 0.465 e. The number of aromatic amines is 2. The highest BCUT2D eigenvalue weighted by molar-refractivity contribution is 5.86. The van der Waals surface area contributed by atoms with Crippen LogP contribution in [0.5, 0.6) is 0 Å². The van der Waals surface area contributed by atoms with Gasteiger partial charge in [-0.1, -0.05) is 11.8 Å². The Bertz CT molecular complexity index is 1900. The van der Waals surface area contributed by atoms with Gasteiger partial charge in [-0.05, 0) is 61.8 Å². The molecule has 2 saturated heterocycles. The standard InChI is InChI=1S/C38H46N8O8/c1-44(38(50)51)32(18-22-53-3)36(48)46-20-6-8-31(46)34-40-24-28(42-34)16-14-26-11-9-25(10-12-26)13-15-27-23-39-33(41-27)30-7-5-19-45(30)35(47)29(17-21-52-2)43-37(49)54-4/h9-12,23-24,29-32H,5-8,17-22H2,1-4H3,(H,39,41)(H,40,42)(H,43,49)(H,50,51)/t29-,30-,31-,32-/m0/s1. The van der Waals surface area contributed by atoms with Crippen LogP contribution in [0.3, 0.4) is 0 Å². The van der Waals surface area contributed by atoms with Gasteiger partial charge in [0.15, 0.2) is 0 Å². The SMILES string of the molecule is COCC[C@H](NC(=O)OC)C(=O)N1CCC[C@H]1c1nc(C#Cc2ccc(C#Cc3c[nH]c([C@@H]4CCCN4C(=O)[C@H](CCOC)N(C)C(=O)O)n3)cc2)c[nH]1. The number of rotatable bonds is 12. The maximum absolute atomic E-state index is 13.5. The Labute approximate surface area is 313 Å². The van der Waals surface area contributed by atoms with Crippen LogP contribution in [-0.2, 0) is 23.8 Å². The molecule has 3 aromatic rings. The molecule has 4 heterocycles. The molecule has 286 valence electrons. The number of hydrogen-bond donors (Lipinski definition) is 4. The lowest BCUT2D eigenvalue weighted by Gasteiger charge is -2.31. The van der Waals surface area contributed by atoms with E-state index in [0.29, 0.717) is 55.6 Å². The van der Waals surface area contributed by atoms with Crippen molar-refractivity contribution >= 4 is 24.0 Å². The Balaban J connectivity index is 1.20. The van der Waals surface area contributed by atoms with Crippen LogP contribution >= 0.6 is 0 Å². The molecule has 2 fully saturated rings. The molecule has 0 radical (unpaired) electrons. The number of nitrogens with one attached hydrogen (secondary N) is 3. The molecular formula is C38H46N8O8. The molecule has 5 rings (SSSR count). The molecule has 0 unspecified atom stereocenters. The third-order valence-corrected chi connectivity index (χ3v) is 9.49. The summed E-state index contributed by atoms with van der Waals surface area (Å²) < 4.78 is 15.0. The van der Waals surface area contributed by atoms with Crippen molar-refractivity contribution in [2.75, 3.05) is 54.7 Å². The first kappa shape index (κ1) is 39.4. The summed E-state index contributed by atoms with van der Waals surface area (Å²) >= 11 is 0. The normalized spacial score (nSPS) is 17.5. The first-order chi connectivity index (χ1) is 26.1. The van der Waals surface area contributed by atoms with Gasteiger partial charge in [-0.2, -0.15) is 0 Å². The van der Waals surface area contributed by atoms with Crippen molar-refractivity contribution in [3.63, 3.8) is 0 Å². The first-order valence-corrected chi connectivity index (χ1v) is 17.8. The lowest BCUT2D eigenvalue weighted by Crippen LogP contribution is -2.49. The molecule has 2 aliphatic rings. The number of aromatic nitrogens is 4. The fourth-order valence-electron chi connectivity index (χ4n) is 6.61. The predicted molar refractivity (Wildman–Crippen MR) is 195 cm³/mol. The molecular weight excluding hydrogens is 696 g/mol. The number of benzene rings is 1. The van der Waals surface area contributed by atoms with E-state index in [4.69, 9.17) is 14.2 Å². The Kier molecular flexibility index (Phi) is 13.7. The summed E-state index contributed by atoms with van der Waals surface area (Å²) in [5.41, 5.74) is 2.59. The highest BCUT2D eigenvalue weighted by Gasteiger charge is 2.38. The molecule has 54 heavy (non-hydrogen) atoms. The first-order valence-electron chi connectivity index (χ1n) is 17.8. The van der Waals surface area contributed by atoms with Gasteiger partial charge < -0.3 is 44.4 Å².